The van der Waals surface area contributed by atoms with Crippen molar-refractivity contribution in [3.05, 3.63) is 53.1 Å². The van der Waals surface area contributed by atoms with Crippen molar-refractivity contribution in [3.8, 4) is 22.9 Å². The normalized spacial score (nSPS) is 21.7. The fourth-order valence-corrected chi connectivity index (χ4v) is 4.90. The number of ether oxygens (including phenoxy) is 2. The van der Waals surface area contributed by atoms with Crippen molar-refractivity contribution < 1.29 is 14.6 Å². The Bertz CT molecular complexity index is 1190. The van der Waals surface area contributed by atoms with Gasteiger partial charge in [0.2, 0.25) is 5.82 Å². The van der Waals surface area contributed by atoms with Crippen LogP contribution in [0.5, 0.6) is 11.5 Å². The molecule has 1 aliphatic carbocycles. The number of benzene rings is 2. The summed E-state index contributed by atoms with van der Waals surface area (Å²) in [5, 5.41) is 23.1. The van der Waals surface area contributed by atoms with E-state index in [0.29, 0.717) is 31.1 Å². The first-order chi connectivity index (χ1) is 16.1. The topological polar surface area (TPSA) is 94.7 Å². The van der Waals surface area contributed by atoms with Crippen molar-refractivity contribution >= 4 is 5.71 Å². The van der Waals surface area contributed by atoms with E-state index < -0.39 is 0 Å². The Morgan fingerprint density at radius 3 is 2.70 bits per heavy atom. The van der Waals surface area contributed by atoms with Gasteiger partial charge in [-0.05, 0) is 62.1 Å². The van der Waals surface area contributed by atoms with Crippen molar-refractivity contribution in [2.45, 2.75) is 57.7 Å². The number of aromatic nitrogens is 4. The van der Waals surface area contributed by atoms with Crippen molar-refractivity contribution in [2.75, 3.05) is 13.7 Å². The Morgan fingerprint density at radius 1 is 1.09 bits per heavy atom. The van der Waals surface area contributed by atoms with Gasteiger partial charge in [0.05, 0.1) is 38.1 Å². The van der Waals surface area contributed by atoms with E-state index in [2.05, 4.69) is 33.6 Å². The van der Waals surface area contributed by atoms with Crippen LogP contribution >= 0.6 is 0 Å². The summed E-state index contributed by atoms with van der Waals surface area (Å²) in [5.74, 6) is 2.17. The molecular weight excluding hydrogens is 418 g/mol. The molecule has 1 fully saturated rings. The number of methoxy groups -OCH3 is 1. The molecule has 1 saturated carbocycles. The van der Waals surface area contributed by atoms with E-state index in [1.807, 2.05) is 32.0 Å². The van der Waals surface area contributed by atoms with E-state index in [-0.39, 0.29) is 18.1 Å². The van der Waals surface area contributed by atoms with Crippen LogP contribution in [-0.4, -0.2) is 56.9 Å². The van der Waals surface area contributed by atoms with Crippen LogP contribution in [0.25, 0.3) is 11.4 Å². The highest BCUT2D eigenvalue weighted by Crippen LogP contribution is 2.45. The molecule has 0 bridgehead atoms. The maximum absolute atomic E-state index is 10.4. The molecule has 1 N–H and O–H groups in total. The fraction of sp³-hybridized carbons (Fsp3) is 0.440. The molecule has 8 heteroatoms. The molecule has 0 amide bonds. The van der Waals surface area contributed by atoms with Crippen LogP contribution in [0, 0.1) is 0 Å². The Kier molecular flexibility index (Phi) is 5.85. The first kappa shape index (κ1) is 21.6. The van der Waals surface area contributed by atoms with Gasteiger partial charge < -0.3 is 14.6 Å². The molecule has 8 nitrogen and oxygen atoms in total. The third-order valence-corrected chi connectivity index (χ3v) is 6.50. The summed E-state index contributed by atoms with van der Waals surface area (Å²) >= 11 is 0. The zero-order valence-corrected chi connectivity index (χ0v) is 19.2. The molecule has 172 valence electrons. The van der Waals surface area contributed by atoms with Crippen LogP contribution in [0.2, 0.25) is 0 Å². The average Bonchev–Trinajstić information content (AvgIpc) is 3.33. The van der Waals surface area contributed by atoms with Crippen molar-refractivity contribution in [2.24, 2.45) is 4.99 Å². The first-order valence-electron chi connectivity index (χ1n) is 11.6. The van der Waals surface area contributed by atoms with Crippen LogP contribution < -0.4 is 9.47 Å². The van der Waals surface area contributed by atoms with Gasteiger partial charge >= 0.3 is 0 Å². The van der Waals surface area contributed by atoms with E-state index >= 15 is 0 Å². The van der Waals surface area contributed by atoms with Gasteiger partial charge in [-0.2, -0.15) is 4.80 Å². The lowest BCUT2D eigenvalue weighted by Crippen LogP contribution is -2.34. The highest BCUT2D eigenvalue weighted by molar-refractivity contribution is 6.15. The zero-order valence-electron chi connectivity index (χ0n) is 19.2. The highest BCUT2D eigenvalue weighted by Gasteiger charge is 2.37. The minimum Gasteiger partial charge on any atom is -0.493 e. The lowest BCUT2D eigenvalue weighted by molar-refractivity contribution is 0.111. The number of nitrogens with zero attached hydrogens (tertiary/aromatic N) is 5. The quantitative estimate of drug-likeness (QED) is 0.620. The molecule has 1 aromatic heterocycles. The van der Waals surface area contributed by atoms with Gasteiger partial charge in [0, 0.05) is 22.6 Å². The van der Waals surface area contributed by atoms with E-state index in [1.165, 1.54) is 0 Å². The molecule has 2 aliphatic rings. The first-order valence-corrected chi connectivity index (χ1v) is 11.6. The predicted octanol–water partition coefficient (Wildman–Crippen LogP) is 3.62. The number of aliphatic imine (C=N–C) groups is 1. The lowest BCUT2D eigenvalue weighted by atomic mass is 9.74. The number of hydrogen-bond acceptors (Lipinski definition) is 7. The molecule has 0 spiro atoms. The van der Waals surface area contributed by atoms with Gasteiger partial charge in [0.15, 0.2) is 11.5 Å². The SMILES string of the molecule is CCOc1cc2c(cc1OC)C(c1cccc(-c3nnn(CC)n3)c1)=N[C@H]1CC[C@H](O)C[C@@H]21. The average molecular weight is 448 g/mol. The molecule has 1 aliphatic heterocycles. The number of hydrogen-bond donors (Lipinski definition) is 1. The van der Waals surface area contributed by atoms with Gasteiger partial charge in [-0.1, -0.05) is 18.2 Å². The summed E-state index contributed by atoms with van der Waals surface area (Å²) in [6.45, 7) is 5.17. The van der Waals surface area contributed by atoms with Crippen LogP contribution in [0.4, 0.5) is 0 Å². The van der Waals surface area contributed by atoms with Crippen molar-refractivity contribution in [3.63, 3.8) is 0 Å². The smallest absolute Gasteiger partial charge is 0.204 e. The number of aliphatic hydroxyl groups excluding tert-OH is 1. The molecule has 3 atom stereocenters. The molecule has 3 aromatic rings. The van der Waals surface area contributed by atoms with Crippen LogP contribution in [0.3, 0.4) is 0 Å². The lowest BCUT2D eigenvalue weighted by Gasteiger charge is -2.37. The minimum absolute atomic E-state index is 0.126. The monoisotopic (exact) mass is 447 g/mol. The summed E-state index contributed by atoms with van der Waals surface area (Å²) in [6.07, 6.45) is 2.03. The second kappa shape index (κ2) is 8.94. The summed E-state index contributed by atoms with van der Waals surface area (Å²) in [7, 11) is 1.65. The Labute approximate surface area is 193 Å². The zero-order chi connectivity index (χ0) is 22.9. The minimum atomic E-state index is -0.302. The Morgan fingerprint density at radius 2 is 1.94 bits per heavy atom. The number of tetrazole rings is 1. The maximum Gasteiger partial charge on any atom is 0.204 e. The van der Waals surface area contributed by atoms with Crippen LogP contribution in [-0.2, 0) is 6.54 Å². The second-order valence-corrected chi connectivity index (χ2v) is 8.52. The summed E-state index contributed by atoms with van der Waals surface area (Å²) in [5.41, 5.74) is 5.00. The number of fused-ring (bicyclic) bond motifs is 3. The predicted molar refractivity (Wildman–Crippen MR) is 125 cm³/mol. The molecule has 2 heterocycles. The molecule has 33 heavy (non-hydrogen) atoms. The Balaban J connectivity index is 1.63. The van der Waals surface area contributed by atoms with Gasteiger partial charge in [-0.15, -0.1) is 10.2 Å². The van der Waals surface area contributed by atoms with Crippen LogP contribution in [0.1, 0.15) is 55.7 Å². The number of rotatable bonds is 6. The molecule has 0 radical (unpaired) electrons. The van der Waals surface area contributed by atoms with Crippen LogP contribution in [0.15, 0.2) is 41.4 Å². The van der Waals surface area contributed by atoms with Gasteiger partial charge in [-0.25, -0.2) is 0 Å². The van der Waals surface area contributed by atoms with E-state index in [0.717, 1.165) is 46.6 Å². The number of aliphatic hydroxyl groups is 1. The van der Waals surface area contributed by atoms with Gasteiger partial charge in [0.25, 0.3) is 0 Å². The largest absolute Gasteiger partial charge is 0.493 e. The standard InChI is InChI=1S/C25H29N5O3/c1-4-30-28-25(27-29-30)16-8-6-7-15(11-16)24-20-14-22(32-3)23(33-5-2)13-18(20)19-12-17(31)9-10-21(19)26-24/h6-8,11,13-14,17,19,21,31H,4-5,9-10,12H2,1-3H3/t17-,19-,21-/m0/s1. The molecule has 0 saturated heterocycles. The third-order valence-electron chi connectivity index (χ3n) is 6.50. The molecule has 0 unspecified atom stereocenters. The highest BCUT2D eigenvalue weighted by atomic mass is 16.5. The van der Waals surface area contributed by atoms with E-state index in [4.69, 9.17) is 14.5 Å². The molecule has 2 aromatic carbocycles. The van der Waals surface area contributed by atoms with E-state index in [1.54, 1.807) is 11.9 Å². The third kappa shape index (κ3) is 3.99. The summed E-state index contributed by atoms with van der Waals surface area (Å²) in [6, 6.07) is 12.4. The van der Waals surface area contributed by atoms with E-state index in [9.17, 15) is 5.11 Å². The van der Waals surface area contributed by atoms with Crippen molar-refractivity contribution in [1.82, 2.24) is 20.2 Å². The van der Waals surface area contributed by atoms with Gasteiger partial charge in [0.1, 0.15) is 0 Å². The Hall–Kier alpha value is -3.26. The van der Waals surface area contributed by atoms with Crippen molar-refractivity contribution in [1.29, 1.82) is 0 Å². The second-order valence-electron chi connectivity index (χ2n) is 8.52. The number of aryl methyl sites for hydroxylation is 1. The van der Waals surface area contributed by atoms with Gasteiger partial charge in [-0.3, -0.25) is 4.99 Å². The maximum atomic E-state index is 10.4. The fourth-order valence-electron chi connectivity index (χ4n) is 4.90. The molecule has 5 rings (SSSR count). The summed E-state index contributed by atoms with van der Waals surface area (Å²) < 4.78 is 11.5. The molecular formula is C25H29N5O3. The summed E-state index contributed by atoms with van der Waals surface area (Å²) in [4.78, 5) is 6.78.